The van der Waals surface area contributed by atoms with Crippen LogP contribution in [-0.2, 0) is 19.6 Å². The molecule has 164 valence electrons. The van der Waals surface area contributed by atoms with Gasteiger partial charge in [0.2, 0.25) is 0 Å². The molecule has 0 unspecified atom stereocenters. The highest BCUT2D eigenvalue weighted by molar-refractivity contribution is 6.33. The molecule has 8 nitrogen and oxygen atoms in total. The Labute approximate surface area is 190 Å². The molecule has 0 saturated heterocycles. The summed E-state index contributed by atoms with van der Waals surface area (Å²) in [5.74, 6) is 1.33. The first-order chi connectivity index (χ1) is 15.6. The smallest absolute Gasteiger partial charge is 0.273 e. The molecule has 0 atom stereocenters. The Kier molecular flexibility index (Phi) is 6.94. The summed E-state index contributed by atoms with van der Waals surface area (Å²) >= 11 is 6.25. The number of aromatic nitrogens is 4. The Morgan fingerprint density at radius 2 is 1.97 bits per heavy atom. The number of rotatable bonds is 9. The van der Waals surface area contributed by atoms with Crippen LogP contribution in [-0.4, -0.2) is 44.4 Å². The van der Waals surface area contributed by atoms with E-state index in [1.807, 2.05) is 55.6 Å². The van der Waals surface area contributed by atoms with Gasteiger partial charge in [-0.3, -0.25) is 19.4 Å². The number of hydrogen-bond acceptors (Lipinski definition) is 6. The number of pyridine rings is 1. The normalized spacial score (nSPS) is 11.1. The molecule has 0 aliphatic heterocycles. The monoisotopic (exact) mass is 450 g/mol. The first kappa shape index (κ1) is 21.7. The van der Waals surface area contributed by atoms with Gasteiger partial charge in [-0.05, 0) is 49.0 Å². The first-order valence-corrected chi connectivity index (χ1v) is 10.6. The molecule has 0 aliphatic carbocycles. The Bertz CT molecular complexity index is 1170. The number of furan rings is 1. The van der Waals surface area contributed by atoms with E-state index < -0.39 is 0 Å². The minimum absolute atomic E-state index is 0.260. The second-order valence-corrected chi connectivity index (χ2v) is 7.80. The Morgan fingerprint density at radius 3 is 2.78 bits per heavy atom. The Morgan fingerprint density at radius 1 is 1.16 bits per heavy atom. The van der Waals surface area contributed by atoms with Gasteiger partial charge >= 0.3 is 0 Å². The predicted molar refractivity (Wildman–Crippen MR) is 121 cm³/mol. The molecule has 3 heterocycles. The quantitative estimate of drug-likeness (QED) is 0.418. The summed E-state index contributed by atoms with van der Waals surface area (Å²) in [5, 5.41) is 11.5. The summed E-state index contributed by atoms with van der Waals surface area (Å²) < 4.78 is 7.62. The van der Waals surface area contributed by atoms with Gasteiger partial charge in [0.05, 0.1) is 24.3 Å². The van der Waals surface area contributed by atoms with Gasteiger partial charge in [-0.25, -0.2) is 0 Å². The summed E-state index contributed by atoms with van der Waals surface area (Å²) in [6, 6.07) is 15.2. The van der Waals surface area contributed by atoms with Crippen LogP contribution in [0.3, 0.4) is 0 Å². The number of amides is 1. The van der Waals surface area contributed by atoms with Crippen LogP contribution < -0.4 is 5.32 Å². The highest BCUT2D eigenvalue weighted by Crippen LogP contribution is 2.29. The fraction of sp³-hybridized carbons (Fsp3) is 0.217. The lowest BCUT2D eigenvalue weighted by Crippen LogP contribution is -2.23. The van der Waals surface area contributed by atoms with Crippen molar-refractivity contribution in [3.63, 3.8) is 0 Å². The van der Waals surface area contributed by atoms with E-state index in [0.717, 1.165) is 22.6 Å². The summed E-state index contributed by atoms with van der Waals surface area (Å²) in [5.41, 5.74) is 2.13. The third-order valence-corrected chi connectivity index (χ3v) is 5.24. The number of carbonyl (C=O) groups is 1. The lowest BCUT2D eigenvalue weighted by Gasteiger charge is -2.14. The Hall–Kier alpha value is -3.49. The van der Waals surface area contributed by atoms with Crippen molar-refractivity contribution in [1.82, 2.24) is 30.2 Å². The zero-order valence-electron chi connectivity index (χ0n) is 17.6. The van der Waals surface area contributed by atoms with Gasteiger partial charge in [-0.15, -0.1) is 5.10 Å². The van der Waals surface area contributed by atoms with Crippen molar-refractivity contribution >= 4 is 17.5 Å². The number of halogens is 1. The molecule has 0 saturated carbocycles. The van der Waals surface area contributed by atoms with Gasteiger partial charge in [-0.1, -0.05) is 28.9 Å². The molecular formula is C23H23ClN6O2. The van der Waals surface area contributed by atoms with Crippen LogP contribution >= 0.6 is 11.6 Å². The molecule has 9 heteroatoms. The van der Waals surface area contributed by atoms with Crippen LogP contribution in [0.4, 0.5) is 0 Å². The SMILES string of the molecule is CN(CCn1cc(C(=O)NCc2ccncc2)nn1)Cc1ccc(-c2ccccc2Cl)o1. The summed E-state index contributed by atoms with van der Waals surface area (Å²) in [4.78, 5) is 18.4. The largest absolute Gasteiger partial charge is 0.460 e. The maximum absolute atomic E-state index is 12.3. The standard InChI is InChI=1S/C23H23ClN6O2/c1-29(15-18-6-7-22(32-18)19-4-2-3-5-20(19)24)12-13-30-16-21(27-28-30)23(31)26-14-17-8-10-25-11-9-17/h2-11,16H,12-15H2,1H3,(H,26,31). The van der Waals surface area contributed by atoms with E-state index in [9.17, 15) is 4.79 Å². The zero-order chi connectivity index (χ0) is 22.3. The van der Waals surface area contributed by atoms with E-state index in [-0.39, 0.29) is 11.6 Å². The van der Waals surface area contributed by atoms with E-state index in [2.05, 4.69) is 25.5 Å². The molecule has 4 rings (SSSR count). The molecule has 32 heavy (non-hydrogen) atoms. The molecule has 0 spiro atoms. The van der Waals surface area contributed by atoms with Crippen LogP contribution in [0.15, 0.2) is 71.5 Å². The maximum Gasteiger partial charge on any atom is 0.273 e. The van der Waals surface area contributed by atoms with E-state index in [0.29, 0.717) is 31.2 Å². The minimum Gasteiger partial charge on any atom is -0.460 e. The average Bonchev–Trinajstić information content (AvgIpc) is 3.47. The van der Waals surface area contributed by atoms with Crippen LogP contribution in [0.25, 0.3) is 11.3 Å². The summed E-state index contributed by atoms with van der Waals surface area (Å²) in [6.07, 6.45) is 5.03. The van der Waals surface area contributed by atoms with E-state index >= 15 is 0 Å². The average molecular weight is 451 g/mol. The molecule has 0 fully saturated rings. The predicted octanol–water partition coefficient (Wildman–Crippen LogP) is 3.65. The molecule has 1 aromatic carbocycles. The van der Waals surface area contributed by atoms with Crippen LogP contribution in [0.2, 0.25) is 5.02 Å². The van der Waals surface area contributed by atoms with E-state index in [1.54, 1.807) is 23.3 Å². The molecule has 0 radical (unpaired) electrons. The topological polar surface area (TPSA) is 89.1 Å². The number of likely N-dealkylation sites (N-methyl/N-ethyl adjacent to an activating group) is 1. The molecule has 1 amide bonds. The third-order valence-electron chi connectivity index (χ3n) is 4.91. The van der Waals surface area contributed by atoms with Crippen molar-refractivity contribution in [2.75, 3.05) is 13.6 Å². The van der Waals surface area contributed by atoms with Crippen molar-refractivity contribution < 1.29 is 9.21 Å². The molecule has 4 aromatic rings. The minimum atomic E-state index is -0.260. The van der Waals surface area contributed by atoms with Gasteiger partial charge in [-0.2, -0.15) is 0 Å². The molecular weight excluding hydrogens is 428 g/mol. The van der Waals surface area contributed by atoms with Gasteiger partial charge in [0.1, 0.15) is 11.5 Å². The molecule has 0 bridgehead atoms. The number of nitrogens with zero attached hydrogens (tertiary/aromatic N) is 5. The lowest BCUT2D eigenvalue weighted by molar-refractivity contribution is 0.0946. The molecule has 1 N–H and O–H groups in total. The number of benzene rings is 1. The van der Waals surface area contributed by atoms with Gasteiger partial charge in [0.15, 0.2) is 5.69 Å². The van der Waals surface area contributed by atoms with Crippen molar-refractivity contribution in [3.05, 3.63) is 89.2 Å². The Balaban J connectivity index is 1.26. The van der Waals surface area contributed by atoms with E-state index in [4.69, 9.17) is 16.0 Å². The number of nitrogens with one attached hydrogen (secondary N) is 1. The van der Waals surface area contributed by atoms with Gasteiger partial charge < -0.3 is 9.73 Å². The number of carbonyl (C=O) groups excluding carboxylic acids is 1. The van der Waals surface area contributed by atoms with Crippen molar-refractivity contribution in [2.24, 2.45) is 0 Å². The van der Waals surface area contributed by atoms with Crippen molar-refractivity contribution in [2.45, 2.75) is 19.6 Å². The van der Waals surface area contributed by atoms with Crippen molar-refractivity contribution in [3.8, 4) is 11.3 Å². The van der Waals surface area contributed by atoms with Crippen LogP contribution in [0.5, 0.6) is 0 Å². The van der Waals surface area contributed by atoms with Gasteiger partial charge in [0.25, 0.3) is 5.91 Å². The summed E-state index contributed by atoms with van der Waals surface area (Å²) in [6.45, 7) is 2.36. The lowest BCUT2D eigenvalue weighted by atomic mass is 10.2. The molecule has 3 aromatic heterocycles. The highest BCUT2D eigenvalue weighted by Gasteiger charge is 2.12. The zero-order valence-corrected chi connectivity index (χ0v) is 18.4. The number of hydrogen-bond donors (Lipinski definition) is 1. The van der Waals surface area contributed by atoms with Crippen molar-refractivity contribution in [1.29, 1.82) is 0 Å². The van der Waals surface area contributed by atoms with E-state index in [1.165, 1.54) is 0 Å². The molecule has 0 aliphatic rings. The highest BCUT2D eigenvalue weighted by atomic mass is 35.5. The maximum atomic E-state index is 12.3. The second-order valence-electron chi connectivity index (χ2n) is 7.39. The van der Waals surface area contributed by atoms with Crippen LogP contribution in [0, 0.1) is 0 Å². The fourth-order valence-electron chi connectivity index (χ4n) is 3.17. The van der Waals surface area contributed by atoms with Gasteiger partial charge in [0, 0.05) is 31.0 Å². The van der Waals surface area contributed by atoms with Crippen LogP contribution in [0.1, 0.15) is 21.8 Å². The first-order valence-electron chi connectivity index (χ1n) is 10.2. The fourth-order valence-corrected chi connectivity index (χ4v) is 3.40. The second kappa shape index (κ2) is 10.2. The summed E-state index contributed by atoms with van der Waals surface area (Å²) in [7, 11) is 2.00. The third kappa shape index (κ3) is 5.60.